The summed E-state index contributed by atoms with van der Waals surface area (Å²) in [6.07, 6.45) is 0. The summed E-state index contributed by atoms with van der Waals surface area (Å²) in [5.41, 5.74) is 2.28. The van der Waals surface area contributed by atoms with Gasteiger partial charge in [-0.2, -0.15) is 0 Å². The minimum atomic E-state index is 0.315. The molecule has 0 fully saturated rings. The highest BCUT2D eigenvalue weighted by atomic mass is 16.5. The number of hydrogen-bond acceptors (Lipinski definition) is 5. The minimum absolute atomic E-state index is 0.315. The smallest absolute Gasteiger partial charge is 0.149 e. The van der Waals surface area contributed by atoms with Crippen LogP contribution in [0.1, 0.15) is 5.56 Å². The second-order valence-corrected chi connectivity index (χ2v) is 7.33. The van der Waals surface area contributed by atoms with Crippen molar-refractivity contribution in [3.63, 3.8) is 0 Å². The third-order valence-corrected chi connectivity index (χ3v) is 4.93. The van der Waals surface area contributed by atoms with E-state index < -0.39 is 0 Å². The lowest BCUT2D eigenvalue weighted by Crippen LogP contribution is -2.24. The van der Waals surface area contributed by atoms with Crippen molar-refractivity contribution < 1.29 is 18.9 Å². The fraction of sp³-hybridized carbons (Fsp3) is 0.241. The van der Waals surface area contributed by atoms with Gasteiger partial charge in [0, 0.05) is 5.69 Å². The molecule has 3 aromatic carbocycles. The van der Waals surface area contributed by atoms with Crippen molar-refractivity contribution in [2.24, 2.45) is 0 Å². The van der Waals surface area contributed by atoms with Gasteiger partial charge in [-0.25, -0.2) is 0 Å². The van der Waals surface area contributed by atoms with E-state index in [9.17, 15) is 0 Å². The van der Waals surface area contributed by atoms with Gasteiger partial charge >= 0.3 is 0 Å². The number of aryl methyl sites for hydroxylation is 1. The summed E-state index contributed by atoms with van der Waals surface area (Å²) in [4.78, 5) is 2.13. The first kappa shape index (κ1) is 24.4. The number of anilines is 1. The number of benzene rings is 3. The predicted octanol–water partition coefficient (Wildman–Crippen LogP) is 4.98. The number of rotatable bonds is 9. The highest BCUT2D eigenvalue weighted by Gasteiger charge is 2.03. The molecule has 0 aliphatic carbocycles. The van der Waals surface area contributed by atoms with Crippen LogP contribution in [0.4, 0.5) is 5.69 Å². The van der Waals surface area contributed by atoms with Crippen molar-refractivity contribution in [2.45, 2.75) is 6.92 Å². The molecule has 0 unspecified atom stereocenters. The third-order valence-electron chi connectivity index (χ3n) is 4.93. The van der Waals surface area contributed by atoms with Gasteiger partial charge < -0.3 is 23.8 Å². The summed E-state index contributed by atoms with van der Waals surface area (Å²) < 4.78 is 21.7. The third kappa shape index (κ3) is 8.04. The second kappa shape index (κ2) is 13.4. The number of nitrogens with zero attached hydrogens (tertiary/aromatic N) is 1. The van der Waals surface area contributed by atoms with Crippen LogP contribution in [0.5, 0.6) is 23.0 Å². The van der Waals surface area contributed by atoms with Crippen LogP contribution in [0.25, 0.3) is 0 Å². The van der Waals surface area contributed by atoms with Crippen LogP contribution in [-0.2, 0) is 0 Å². The lowest BCUT2D eigenvalue weighted by molar-refractivity contribution is 0.367. The maximum atomic E-state index is 5.68. The summed E-state index contributed by atoms with van der Waals surface area (Å²) in [6.45, 7) is 3.79. The normalized spacial score (nSPS) is 9.62. The van der Waals surface area contributed by atoms with Crippen LogP contribution < -0.4 is 23.8 Å². The first-order chi connectivity index (χ1) is 16.7. The van der Waals surface area contributed by atoms with Gasteiger partial charge in [-0.3, -0.25) is 0 Å². The van der Waals surface area contributed by atoms with Crippen molar-refractivity contribution in [3.8, 4) is 46.7 Å². The quantitative estimate of drug-likeness (QED) is 0.426. The van der Waals surface area contributed by atoms with Crippen LogP contribution in [-0.4, -0.2) is 40.5 Å². The van der Waals surface area contributed by atoms with Crippen molar-refractivity contribution in [1.29, 1.82) is 0 Å². The summed E-state index contributed by atoms with van der Waals surface area (Å²) in [5.74, 6) is 15.6. The molecule has 0 heterocycles. The minimum Gasteiger partial charge on any atom is -0.497 e. The Balaban J connectivity index is 1.52. The van der Waals surface area contributed by atoms with E-state index in [0.717, 1.165) is 28.7 Å². The van der Waals surface area contributed by atoms with E-state index in [0.29, 0.717) is 26.3 Å². The maximum absolute atomic E-state index is 5.68. The fourth-order valence-corrected chi connectivity index (χ4v) is 2.98. The average molecular weight is 456 g/mol. The molecule has 174 valence electrons. The zero-order chi connectivity index (χ0) is 24.0. The molecule has 0 aromatic heterocycles. The van der Waals surface area contributed by atoms with Gasteiger partial charge in [-0.15, -0.1) is 0 Å². The van der Waals surface area contributed by atoms with E-state index in [1.807, 2.05) is 48.5 Å². The zero-order valence-corrected chi connectivity index (χ0v) is 19.8. The van der Waals surface area contributed by atoms with Gasteiger partial charge in [0.1, 0.15) is 36.2 Å². The molecular weight excluding hydrogens is 426 g/mol. The molecule has 0 saturated heterocycles. The Labute approximate surface area is 202 Å². The lowest BCUT2D eigenvalue weighted by atomic mass is 10.2. The second-order valence-electron chi connectivity index (χ2n) is 7.33. The summed E-state index contributed by atoms with van der Waals surface area (Å²) in [5, 5.41) is 0. The Hall–Kier alpha value is -4.22. The number of methoxy groups -OCH3 is 2. The Morgan fingerprint density at radius 1 is 0.559 bits per heavy atom. The van der Waals surface area contributed by atoms with Crippen molar-refractivity contribution in [2.75, 3.05) is 45.4 Å². The summed E-state index contributed by atoms with van der Waals surface area (Å²) in [6, 6.07) is 23.2. The molecule has 3 aromatic rings. The molecule has 0 aliphatic rings. The molecule has 0 atom stereocenters. The van der Waals surface area contributed by atoms with Crippen molar-refractivity contribution in [3.05, 3.63) is 78.4 Å². The van der Waals surface area contributed by atoms with Gasteiger partial charge in [0.25, 0.3) is 0 Å². The van der Waals surface area contributed by atoms with Gasteiger partial charge in [-0.1, -0.05) is 41.4 Å². The Morgan fingerprint density at radius 3 is 1.38 bits per heavy atom. The predicted molar refractivity (Wildman–Crippen MR) is 136 cm³/mol. The summed E-state index contributed by atoms with van der Waals surface area (Å²) >= 11 is 0. The molecule has 0 bridgehead atoms. The van der Waals surface area contributed by atoms with E-state index in [1.54, 1.807) is 14.2 Å². The molecule has 0 saturated carbocycles. The van der Waals surface area contributed by atoms with E-state index >= 15 is 0 Å². The number of ether oxygens (including phenoxy) is 4. The van der Waals surface area contributed by atoms with Gasteiger partial charge in [0.05, 0.1) is 27.3 Å². The molecular formula is C29H29NO4. The first-order valence-electron chi connectivity index (χ1n) is 10.9. The van der Waals surface area contributed by atoms with Crippen LogP contribution in [0.3, 0.4) is 0 Å². The zero-order valence-electron chi connectivity index (χ0n) is 19.8. The van der Waals surface area contributed by atoms with E-state index in [-0.39, 0.29) is 0 Å². The largest absolute Gasteiger partial charge is 0.497 e. The van der Waals surface area contributed by atoms with Gasteiger partial charge in [-0.05, 0) is 67.6 Å². The maximum Gasteiger partial charge on any atom is 0.149 e. The standard InChI is InChI=1S/C29H29NO4/c1-24-8-10-25(11-9-24)30(20-4-6-22-33-28-16-12-26(31-2)13-17-28)21-5-7-23-34-29-18-14-27(32-3)15-19-29/h8-19H,20-23H2,1-3H3. The van der Waals surface area contributed by atoms with Gasteiger partial charge in [0.15, 0.2) is 0 Å². The average Bonchev–Trinajstić information content (AvgIpc) is 2.88. The Kier molecular flexibility index (Phi) is 9.59. The Bertz CT molecular complexity index is 1060. The molecule has 0 amide bonds. The monoisotopic (exact) mass is 455 g/mol. The van der Waals surface area contributed by atoms with E-state index in [4.69, 9.17) is 18.9 Å². The number of hydrogen-bond donors (Lipinski definition) is 0. The van der Waals surface area contributed by atoms with Crippen LogP contribution in [0.2, 0.25) is 0 Å². The van der Waals surface area contributed by atoms with Crippen LogP contribution in [0.15, 0.2) is 72.8 Å². The first-order valence-corrected chi connectivity index (χ1v) is 10.9. The van der Waals surface area contributed by atoms with Crippen LogP contribution in [0, 0.1) is 30.6 Å². The molecule has 0 N–H and O–H groups in total. The van der Waals surface area contributed by atoms with Crippen molar-refractivity contribution in [1.82, 2.24) is 0 Å². The molecule has 0 aliphatic heterocycles. The Morgan fingerprint density at radius 2 is 0.971 bits per heavy atom. The van der Waals surface area contributed by atoms with Crippen molar-refractivity contribution >= 4 is 5.69 Å². The van der Waals surface area contributed by atoms with Gasteiger partial charge in [0.2, 0.25) is 0 Å². The fourth-order valence-electron chi connectivity index (χ4n) is 2.98. The molecule has 5 heteroatoms. The van der Waals surface area contributed by atoms with E-state index in [2.05, 4.69) is 59.8 Å². The van der Waals surface area contributed by atoms with E-state index in [1.165, 1.54) is 5.56 Å². The van der Waals surface area contributed by atoms with Crippen LogP contribution >= 0.6 is 0 Å². The highest BCUT2D eigenvalue weighted by molar-refractivity contribution is 5.50. The summed E-state index contributed by atoms with van der Waals surface area (Å²) in [7, 11) is 3.28. The molecule has 0 spiro atoms. The SMILES string of the molecule is COc1ccc(OCC#CCN(CC#CCOc2ccc(OC)cc2)c2ccc(C)cc2)cc1. The molecule has 5 nitrogen and oxygen atoms in total. The topological polar surface area (TPSA) is 40.2 Å². The lowest BCUT2D eigenvalue weighted by Gasteiger charge is -2.19. The highest BCUT2D eigenvalue weighted by Crippen LogP contribution is 2.18. The molecule has 0 radical (unpaired) electrons. The molecule has 34 heavy (non-hydrogen) atoms. The molecule has 3 rings (SSSR count).